The van der Waals surface area contributed by atoms with E-state index in [-0.39, 0.29) is 19.1 Å². The summed E-state index contributed by atoms with van der Waals surface area (Å²) in [6.45, 7) is 1.98. The summed E-state index contributed by atoms with van der Waals surface area (Å²) >= 11 is 0. The van der Waals surface area contributed by atoms with Crippen LogP contribution < -0.4 is 15.4 Å². The fraction of sp³-hybridized carbons (Fsp3) is 0.308. The van der Waals surface area contributed by atoms with Crippen molar-refractivity contribution in [2.45, 2.75) is 6.92 Å². The molecule has 0 saturated carbocycles. The molecule has 1 aromatic rings. The van der Waals surface area contributed by atoms with Crippen LogP contribution in [0.25, 0.3) is 0 Å². The second kappa shape index (κ2) is 7.71. The Morgan fingerprint density at radius 1 is 1.26 bits per heavy atom. The maximum Gasteiger partial charge on any atom is 0.258 e. The van der Waals surface area contributed by atoms with Crippen molar-refractivity contribution in [1.29, 1.82) is 5.26 Å². The summed E-state index contributed by atoms with van der Waals surface area (Å²) in [5.74, 6) is -0.328. The SMILES string of the molecule is CCNC(=O)CNC(=O)COc1ccccc1C#N. The quantitative estimate of drug-likeness (QED) is 0.764. The van der Waals surface area contributed by atoms with Gasteiger partial charge in [-0.1, -0.05) is 12.1 Å². The zero-order valence-electron chi connectivity index (χ0n) is 10.6. The van der Waals surface area contributed by atoms with E-state index < -0.39 is 5.91 Å². The van der Waals surface area contributed by atoms with Crippen LogP contribution in [0.4, 0.5) is 0 Å². The Balaban J connectivity index is 2.38. The van der Waals surface area contributed by atoms with Gasteiger partial charge in [-0.3, -0.25) is 9.59 Å². The molecule has 100 valence electrons. The Labute approximate surface area is 111 Å². The molecule has 0 atom stereocenters. The molecular weight excluding hydrogens is 246 g/mol. The van der Waals surface area contributed by atoms with Gasteiger partial charge in [0.25, 0.3) is 5.91 Å². The summed E-state index contributed by atoms with van der Waals surface area (Å²) in [5, 5.41) is 13.8. The average Bonchev–Trinajstić information content (AvgIpc) is 2.43. The summed E-state index contributed by atoms with van der Waals surface area (Å²) in [5.41, 5.74) is 0.360. The molecule has 0 spiro atoms. The highest BCUT2D eigenvalue weighted by molar-refractivity contribution is 5.85. The number of likely N-dealkylation sites (N-methyl/N-ethyl adjacent to an activating group) is 1. The van der Waals surface area contributed by atoms with Gasteiger partial charge in [0.2, 0.25) is 5.91 Å². The molecule has 0 saturated heterocycles. The van der Waals surface area contributed by atoms with Crippen LogP contribution in [0.3, 0.4) is 0 Å². The van der Waals surface area contributed by atoms with E-state index in [1.165, 1.54) is 0 Å². The highest BCUT2D eigenvalue weighted by atomic mass is 16.5. The van der Waals surface area contributed by atoms with E-state index in [0.29, 0.717) is 17.9 Å². The molecule has 0 heterocycles. The highest BCUT2D eigenvalue weighted by Gasteiger charge is 2.07. The van der Waals surface area contributed by atoms with Crippen LogP contribution in [0, 0.1) is 11.3 Å². The van der Waals surface area contributed by atoms with Gasteiger partial charge in [0.1, 0.15) is 11.8 Å². The first kappa shape index (κ1) is 14.5. The van der Waals surface area contributed by atoms with Crippen LogP contribution in [0.5, 0.6) is 5.75 Å². The lowest BCUT2D eigenvalue weighted by atomic mass is 10.2. The van der Waals surface area contributed by atoms with E-state index in [1.807, 2.05) is 6.07 Å². The number of hydrogen-bond donors (Lipinski definition) is 2. The molecule has 0 aromatic heterocycles. The molecule has 0 aliphatic carbocycles. The minimum atomic E-state index is -0.418. The molecular formula is C13H15N3O3. The van der Waals surface area contributed by atoms with E-state index in [9.17, 15) is 9.59 Å². The summed E-state index contributed by atoms with van der Waals surface area (Å²) in [4.78, 5) is 22.5. The van der Waals surface area contributed by atoms with Crippen molar-refractivity contribution in [2.24, 2.45) is 0 Å². The Bertz CT molecular complexity index is 494. The molecule has 2 N–H and O–H groups in total. The van der Waals surface area contributed by atoms with Crippen LogP contribution in [-0.4, -0.2) is 31.5 Å². The monoisotopic (exact) mass is 261 g/mol. The van der Waals surface area contributed by atoms with Crippen LogP contribution >= 0.6 is 0 Å². The number of hydrogen-bond acceptors (Lipinski definition) is 4. The largest absolute Gasteiger partial charge is 0.482 e. The molecule has 0 radical (unpaired) electrons. The molecule has 6 nitrogen and oxygen atoms in total. The number of para-hydroxylation sites is 1. The van der Waals surface area contributed by atoms with Crippen molar-refractivity contribution in [3.05, 3.63) is 29.8 Å². The number of carbonyl (C=O) groups is 2. The van der Waals surface area contributed by atoms with Gasteiger partial charge in [-0.15, -0.1) is 0 Å². The van der Waals surface area contributed by atoms with Crippen molar-refractivity contribution in [3.8, 4) is 11.8 Å². The smallest absolute Gasteiger partial charge is 0.258 e. The topological polar surface area (TPSA) is 91.2 Å². The van der Waals surface area contributed by atoms with Gasteiger partial charge in [-0.25, -0.2) is 0 Å². The predicted molar refractivity (Wildman–Crippen MR) is 68.3 cm³/mol. The fourth-order valence-electron chi connectivity index (χ4n) is 1.32. The third-order valence-corrected chi connectivity index (χ3v) is 2.19. The van der Waals surface area contributed by atoms with E-state index in [2.05, 4.69) is 10.6 Å². The first-order valence-corrected chi connectivity index (χ1v) is 5.82. The number of nitrogens with one attached hydrogen (secondary N) is 2. The number of nitrogens with zero attached hydrogens (tertiary/aromatic N) is 1. The van der Waals surface area contributed by atoms with Crippen LogP contribution in [0.1, 0.15) is 12.5 Å². The van der Waals surface area contributed by atoms with E-state index >= 15 is 0 Å². The molecule has 19 heavy (non-hydrogen) atoms. The Hall–Kier alpha value is -2.55. The Kier molecular flexibility index (Phi) is 5.89. The number of nitriles is 1. The van der Waals surface area contributed by atoms with Gasteiger partial charge < -0.3 is 15.4 Å². The second-order valence-electron chi connectivity index (χ2n) is 3.63. The molecule has 1 rings (SSSR count). The minimum Gasteiger partial charge on any atom is -0.482 e. The zero-order valence-corrected chi connectivity index (χ0v) is 10.6. The van der Waals surface area contributed by atoms with Gasteiger partial charge in [-0.2, -0.15) is 5.26 Å². The third kappa shape index (κ3) is 5.08. The van der Waals surface area contributed by atoms with Gasteiger partial charge in [0, 0.05) is 6.54 Å². The number of benzene rings is 1. The molecule has 0 aliphatic heterocycles. The molecule has 6 heteroatoms. The predicted octanol–water partition coefficient (Wildman–Crippen LogP) is 0.189. The van der Waals surface area contributed by atoms with Crippen LogP contribution in [-0.2, 0) is 9.59 Å². The van der Waals surface area contributed by atoms with Crippen molar-refractivity contribution in [1.82, 2.24) is 10.6 Å². The zero-order chi connectivity index (χ0) is 14.1. The number of amides is 2. The van der Waals surface area contributed by atoms with Gasteiger partial charge in [-0.05, 0) is 19.1 Å². The lowest BCUT2D eigenvalue weighted by Gasteiger charge is -2.08. The lowest BCUT2D eigenvalue weighted by Crippen LogP contribution is -2.38. The molecule has 0 unspecified atom stereocenters. The molecule has 1 aromatic carbocycles. The highest BCUT2D eigenvalue weighted by Crippen LogP contribution is 2.15. The summed E-state index contributed by atoms with van der Waals surface area (Å²) in [6, 6.07) is 8.59. The normalized spacial score (nSPS) is 9.26. The van der Waals surface area contributed by atoms with Crippen molar-refractivity contribution in [3.63, 3.8) is 0 Å². The second-order valence-corrected chi connectivity index (χ2v) is 3.63. The third-order valence-electron chi connectivity index (χ3n) is 2.19. The van der Waals surface area contributed by atoms with Crippen molar-refractivity contribution < 1.29 is 14.3 Å². The maximum absolute atomic E-state index is 11.4. The summed E-state index contributed by atoms with van der Waals surface area (Å²) < 4.78 is 5.22. The number of rotatable bonds is 6. The molecule has 0 fully saturated rings. The van der Waals surface area contributed by atoms with Gasteiger partial charge >= 0.3 is 0 Å². The summed E-state index contributed by atoms with van der Waals surface area (Å²) in [7, 11) is 0. The number of ether oxygens (including phenoxy) is 1. The lowest BCUT2D eigenvalue weighted by molar-refractivity contribution is -0.127. The first-order valence-electron chi connectivity index (χ1n) is 5.82. The van der Waals surface area contributed by atoms with E-state index in [0.717, 1.165) is 0 Å². The average molecular weight is 261 g/mol. The molecule has 2 amide bonds. The Morgan fingerprint density at radius 2 is 2.00 bits per heavy atom. The molecule has 0 bridgehead atoms. The maximum atomic E-state index is 11.4. The standard InChI is InChI=1S/C13H15N3O3/c1-2-15-12(17)8-16-13(18)9-19-11-6-4-3-5-10(11)7-14/h3-6H,2,8-9H2,1H3,(H,15,17)(H,16,18). The summed E-state index contributed by atoms with van der Waals surface area (Å²) in [6.07, 6.45) is 0. The van der Waals surface area contributed by atoms with Gasteiger partial charge in [0.15, 0.2) is 6.61 Å². The van der Waals surface area contributed by atoms with Crippen LogP contribution in [0.15, 0.2) is 24.3 Å². The van der Waals surface area contributed by atoms with E-state index in [1.54, 1.807) is 31.2 Å². The molecule has 0 aliphatic rings. The first-order chi connectivity index (χ1) is 9.17. The minimum absolute atomic E-state index is 0.0874. The van der Waals surface area contributed by atoms with Gasteiger partial charge in [0.05, 0.1) is 12.1 Å². The van der Waals surface area contributed by atoms with Crippen molar-refractivity contribution >= 4 is 11.8 Å². The Morgan fingerprint density at radius 3 is 2.68 bits per heavy atom. The van der Waals surface area contributed by atoms with E-state index in [4.69, 9.17) is 10.00 Å². The number of carbonyl (C=O) groups excluding carboxylic acids is 2. The van der Waals surface area contributed by atoms with Crippen molar-refractivity contribution in [2.75, 3.05) is 19.7 Å². The fourth-order valence-corrected chi connectivity index (χ4v) is 1.32. The van der Waals surface area contributed by atoms with Crippen LogP contribution in [0.2, 0.25) is 0 Å².